The van der Waals surface area contributed by atoms with Crippen molar-refractivity contribution >= 4 is 5.91 Å². The number of hydrogen-bond acceptors (Lipinski definition) is 4. The summed E-state index contributed by atoms with van der Waals surface area (Å²) in [5.41, 5.74) is 0. The van der Waals surface area contributed by atoms with Gasteiger partial charge in [-0.25, -0.2) is 0 Å². The molecule has 2 aliphatic heterocycles. The number of likely N-dealkylation sites (tertiary alicyclic amines) is 1. The van der Waals surface area contributed by atoms with Crippen LogP contribution in [0.5, 0.6) is 0 Å². The van der Waals surface area contributed by atoms with Crippen molar-refractivity contribution in [2.75, 3.05) is 46.0 Å². The van der Waals surface area contributed by atoms with Crippen molar-refractivity contribution in [1.29, 1.82) is 0 Å². The van der Waals surface area contributed by atoms with E-state index in [-0.39, 0.29) is 12.0 Å². The second kappa shape index (κ2) is 8.27. The lowest BCUT2D eigenvalue weighted by molar-refractivity contribution is -0.142. The van der Waals surface area contributed by atoms with Gasteiger partial charge in [-0.1, -0.05) is 20.8 Å². The van der Waals surface area contributed by atoms with E-state index in [0.29, 0.717) is 24.5 Å². The number of rotatable bonds is 6. The highest BCUT2D eigenvalue weighted by Crippen LogP contribution is 2.23. The molecule has 0 unspecified atom stereocenters. The van der Waals surface area contributed by atoms with Gasteiger partial charge in [-0.3, -0.25) is 9.69 Å². The van der Waals surface area contributed by atoms with Gasteiger partial charge in [-0.15, -0.1) is 0 Å². The van der Waals surface area contributed by atoms with Gasteiger partial charge in [0.2, 0.25) is 0 Å². The Kier molecular flexibility index (Phi) is 6.66. The molecule has 2 rings (SSSR count). The maximum atomic E-state index is 12.6. The maximum absolute atomic E-state index is 12.6. The van der Waals surface area contributed by atoms with E-state index in [0.717, 1.165) is 45.8 Å². The van der Waals surface area contributed by atoms with Crippen molar-refractivity contribution in [2.24, 2.45) is 11.8 Å². The van der Waals surface area contributed by atoms with E-state index in [1.54, 1.807) is 0 Å². The molecule has 0 aromatic heterocycles. The molecule has 0 aromatic rings. The first-order valence-electron chi connectivity index (χ1n) is 8.71. The van der Waals surface area contributed by atoms with Crippen LogP contribution >= 0.6 is 0 Å². The predicted molar refractivity (Wildman–Crippen MR) is 86.8 cm³/mol. The lowest BCUT2D eigenvalue weighted by atomic mass is 10.0. The largest absolute Gasteiger partial charge is 0.379 e. The first-order chi connectivity index (χ1) is 10.5. The Morgan fingerprint density at radius 2 is 1.91 bits per heavy atom. The van der Waals surface area contributed by atoms with Crippen LogP contribution in [0, 0.1) is 11.8 Å². The predicted octanol–water partition coefficient (Wildman–Crippen LogP) is 1.62. The fourth-order valence-electron chi connectivity index (χ4n) is 3.32. The summed E-state index contributed by atoms with van der Waals surface area (Å²) >= 11 is 0. The SMILES string of the molecule is CC(C)CCO[C@H](C)C(=O)N1C[C@@H](C)[C@@H](N2CCOCC2)C1. The van der Waals surface area contributed by atoms with Crippen LogP contribution in [0.2, 0.25) is 0 Å². The average Bonchev–Trinajstić information content (AvgIpc) is 2.88. The molecule has 0 N–H and O–H groups in total. The lowest BCUT2D eigenvalue weighted by Gasteiger charge is -2.34. The quantitative estimate of drug-likeness (QED) is 0.747. The molecule has 22 heavy (non-hydrogen) atoms. The van der Waals surface area contributed by atoms with E-state index in [9.17, 15) is 4.79 Å². The summed E-state index contributed by atoms with van der Waals surface area (Å²) in [4.78, 5) is 17.0. The minimum absolute atomic E-state index is 0.145. The van der Waals surface area contributed by atoms with Crippen molar-refractivity contribution < 1.29 is 14.3 Å². The number of carbonyl (C=O) groups excluding carboxylic acids is 1. The molecule has 5 heteroatoms. The number of nitrogens with zero attached hydrogens (tertiary/aromatic N) is 2. The van der Waals surface area contributed by atoms with Gasteiger partial charge in [0.25, 0.3) is 5.91 Å². The fraction of sp³-hybridized carbons (Fsp3) is 0.941. The summed E-state index contributed by atoms with van der Waals surface area (Å²) < 4.78 is 11.1. The van der Waals surface area contributed by atoms with E-state index in [1.165, 1.54) is 0 Å². The number of hydrogen-bond donors (Lipinski definition) is 0. The zero-order chi connectivity index (χ0) is 16.1. The van der Waals surface area contributed by atoms with Crippen LogP contribution in [-0.4, -0.2) is 73.9 Å². The number of ether oxygens (including phenoxy) is 2. The topological polar surface area (TPSA) is 42.0 Å². The van der Waals surface area contributed by atoms with Crippen molar-refractivity contribution in [1.82, 2.24) is 9.80 Å². The van der Waals surface area contributed by atoms with Gasteiger partial charge < -0.3 is 14.4 Å². The van der Waals surface area contributed by atoms with Crippen molar-refractivity contribution in [3.8, 4) is 0 Å². The van der Waals surface area contributed by atoms with E-state index in [4.69, 9.17) is 9.47 Å². The molecule has 5 nitrogen and oxygen atoms in total. The molecule has 0 saturated carbocycles. The average molecular weight is 312 g/mol. The molecule has 2 saturated heterocycles. The fourth-order valence-corrected chi connectivity index (χ4v) is 3.32. The van der Waals surface area contributed by atoms with Gasteiger partial charge in [0, 0.05) is 38.8 Å². The molecule has 0 bridgehead atoms. The summed E-state index contributed by atoms with van der Waals surface area (Å²) in [6, 6.07) is 0.468. The Morgan fingerprint density at radius 3 is 2.55 bits per heavy atom. The molecule has 2 aliphatic rings. The number of carbonyl (C=O) groups is 1. The molecule has 2 fully saturated rings. The van der Waals surface area contributed by atoms with E-state index >= 15 is 0 Å². The summed E-state index contributed by atoms with van der Waals surface area (Å²) in [6.07, 6.45) is 0.680. The molecule has 0 radical (unpaired) electrons. The second-order valence-corrected chi connectivity index (χ2v) is 7.13. The van der Waals surface area contributed by atoms with Gasteiger partial charge in [-0.2, -0.15) is 0 Å². The van der Waals surface area contributed by atoms with Crippen LogP contribution in [0.4, 0.5) is 0 Å². The minimum atomic E-state index is -0.325. The minimum Gasteiger partial charge on any atom is -0.379 e. The summed E-state index contributed by atoms with van der Waals surface area (Å²) in [5, 5.41) is 0. The van der Waals surface area contributed by atoms with Gasteiger partial charge in [-0.05, 0) is 25.2 Å². The molecule has 128 valence electrons. The zero-order valence-corrected chi connectivity index (χ0v) is 14.6. The monoisotopic (exact) mass is 312 g/mol. The highest BCUT2D eigenvalue weighted by molar-refractivity contribution is 5.80. The van der Waals surface area contributed by atoms with Crippen LogP contribution in [0.3, 0.4) is 0 Å². The van der Waals surface area contributed by atoms with Crippen LogP contribution in [0.1, 0.15) is 34.1 Å². The number of morpholine rings is 1. The van der Waals surface area contributed by atoms with E-state index < -0.39 is 0 Å². The van der Waals surface area contributed by atoms with Crippen LogP contribution in [0.15, 0.2) is 0 Å². The van der Waals surface area contributed by atoms with Crippen LogP contribution < -0.4 is 0 Å². The molecular weight excluding hydrogens is 280 g/mol. The smallest absolute Gasteiger partial charge is 0.251 e. The Balaban J connectivity index is 1.81. The number of amides is 1. The maximum Gasteiger partial charge on any atom is 0.251 e. The lowest BCUT2D eigenvalue weighted by Crippen LogP contribution is -2.47. The summed E-state index contributed by atoms with van der Waals surface area (Å²) in [6.45, 7) is 14.4. The first-order valence-corrected chi connectivity index (χ1v) is 8.71. The molecule has 3 atom stereocenters. The molecule has 1 amide bonds. The Bertz CT molecular complexity index is 356. The molecule has 2 heterocycles. The Hall–Kier alpha value is -0.650. The molecule has 0 aromatic carbocycles. The first kappa shape index (κ1) is 17.7. The zero-order valence-electron chi connectivity index (χ0n) is 14.6. The van der Waals surface area contributed by atoms with Gasteiger partial charge in [0.05, 0.1) is 13.2 Å². The standard InChI is InChI=1S/C17H32N2O3/c1-13(2)5-8-22-15(4)17(20)19-11-14(3)16(12-19)18-6-9-21-10-7-18/h13-16H,5-12H2,1-4H3/t14-,15-,16+/m1/s1. The summed E-state index contributed by atoms with van der Waals surface area (Å²) in [7, 11) is 0. The van der Waals surface area contributed by atoms with Gasteiger partial charge in [0.1, 0.15) is 6.10 Å². The Labute approximate surface area is 134 Å². The highest BCUT2D eigenvalue weighted by atomic mass is 16.5. The van der Waals surface area contributed by atoms with Crippen molar-refractivity contribution in [3.05, 3.63) is 0 Å². The van der Waals surface area contributed by atoms with Crippen molar-refractivity contribution in [2.45, 2.75) is 46.3 Å². The van der Waals surface area contributed by atoms with E-state index in [2.05, 4.69) is 25.7 Å². The van der Waals surface area contributed by atoms with Gasteiger partial charge in [0.15, 0.2) is 0 Å². The highest BCUT2D eigenvalue weighted by Gasteiger charge is 2.37. The third-order valence-corrected chi connectivity index (χ3v) is 4.81. The second-order valence-electron chi connectivity index (χ2n) is 7.13. The third kappa shape index (κ3) is 4.67. The van der Waals surface area contributed by atoms with Crippen LogP contribution in [0.25, 0.3) is 0 Å². The van der Waals surface area contributed by atoms with Crippen LogP contribution in [-0.2, 0) is 14.3 Å². The van der Waals surface area contributed by atoms with Gasteiger partial charge >= 0.3 is 0 Å². The normalized spacial score (nSPS) is 28.3. The molecular formula is C17H32N2O3. The molecule has 0 aliphatic carbocycles. The third-order valence-electron chi connectivity index (χ3n) is 4.81. The molecule has 0 spiro atoms. The summed E-state index contributed by atoms with van der Waals surface area (Å²) in [5.74, 6) is 1.27. The van der Waals surface area contributed by atoms with E-state index in [1.807, 2.05) is 11.8 Å². The van der Waals surface area contributed by atoms with Crippen molar-refractivity contribution in [3.63, 3.8) is 0 Å². The Morgan fingerprint density at radius 1 is 1.23 bits per heavy atom.